The number of nitrogens with one attached hydrogen (secondary N) is 3. The molecule has 3 heterocycles. The third-order valence-corrected chi connectivity index (χ3v) is 9.18. The number of carbonyl (C=O) groups excluding carboxylic acids is 5. The third kappa shape index (κ3) is 8.02. The van der Waals surface area contributed by atoms with Gasteiger partial charge in [-0.25, -0.2) is 0 Å². The highest BCUT2D eigenvalue weighted by Gasteiger charge is 2.36. The number of ether oxygens (including phenoxy) is 1. The number of hydrogen-bond acceptors (Lipinski definition) is 6. The first-order valence-electron chi connectivity index (χ1n) is 16.6. The summed E-state index contributed by atoms with van der Waals surface area (Å²) in [4.78, 5) is 70.3. The molecule has 3 atom stereocenters. The Morgan fingerprint density at radius 2 is 1.58 bits per heavy atom. The molecular weight excluding hydrogens is 610 g/mol. The van der Waals surface area contributed by atoms with Crippen molar-refractivity contribution in [2.75, 3.05) is 19.7 Å². The van der Waals surface area contributed by atoms with E-state index in [-0.39, 0.29) is 49.4 Å². The zero-order valence-electron chi connectivity index (χ0n) is 26.9. The maximum Gasteiger partial charge on any atom is 0.255 e. The number of carbonyl (C=O) groups is 5. The topological polar surface area (TPSA) is 137 Å². The van der Waals surface area contributed by atoms with Gasteiger partial charge in [-0.1, -0.05) is 66.7 Å². The Hall–Kier alpha value is -5.19. The van der Waals surface area contributed by atoms with Crippen molar-refractivity contribution >= 4 is 29.5 Å². The van der Waals surface area contributed by atoms with Gasteiger partial charge in [-0.05, 0) is 48.1 Å². The monoisotopic (exact) mass is 651 g/mol. The van der Waals surface area contributed by atoms with E-state index in [0.717, 1.165) is 42.5 Å². The molecule has 0 aromatic heterocycles. The second-order valence-electron chi connectivity index (χ2n) is 12.6. The van der Waals surface area contributed by atoms with Crippen molar-refractivity contribution in [3.63, 3.8) is 0 Å². The summed E-state index contributed by atoms with van der Waals surface area (Å²) in [6.45, 7) is 2.21. The summed E-state index contributed by atoms with van der Waals surface area (Å²) in [5, 5.41) is 8.48. The Bertz CT molecular complexity index is 1650. The van der Waals surface area contributed by atoms with Gasteiger partial charge in [0, 0.05) is 39.0 Å². The molecule has 3 aromatic carbocycles. The minimum absolute atomic E-state index is 0.158. The molecule has 2 fully saturated rings. The molecule has 11 nitrogen and oxygen atoms in total. The van der Waals surface area contributed by atoms with Crippen LogP contribution in [-0.4, -0.2) is 77.2 Å². The van der Waals surface area contributed by atoms with Crippen molar-refractivity contribution in [2.45, 2.75) is 69.7 Å². The van der Waals surface area contributed by atoms with E-state index >= 15 is 0 Å². The number of para-hydroxylation sites is 1. The van der Waals surface area contributed by atoms with Crippen molar-refractivity contribution < 1.29 is 28.7 Å². The van der Waals surface area contributed by atoms with Crippen LogP contribution in [0.25, 0.3) is 0 Å². The lowest BCUT2D eigenvalue weighted by Crippen LogP contribution is -2.54. The molecule has 3 N–H and O–H groups in total. The molecule has 250 valence electrons. The molecule has 0 saturated carbocycles. The molecule has 0 aliphatic carbocycles. The van der Waals surface area contributed by atoms with Crippen molar-refractivity contribution in [1.29, 1.82) is 0 Å². The predicted molar refractivity (Wildman–Crippen MR) is 178 cm³/mol. The number of nitrogens with zero attached hydrogens (tertiary/aromatic N) is 2. The largest absolute Gasteiger partial charge is 0.491 e. The van der Waals surface area contributed by atoms with Gasteiger partial charge in [0.05, 0.1) is 18.0 Å². The third-order valence-electron chi connectivity index (χ3n) is 9.18. The molecule has 0 unspecified atom stereocenters. The summed E-state index contributed by atoms with van der Waals surface area (Å²) in [5.74, 6) is -1.32. The van der Waals surface area contributed by atoms with Crippen LogP contribution in [0, 0.1) is 0 Å². The van der Waals surface area contributed by atoms with Gasteiger partial charge in [0.25, 0.3) is 5.91 Å². The molecule has 0 bridgehead atoms. The lowest BCUT2D eigenvalue weighted by atomic mass is 10.0. The van der Waals surface area contributed by atoms with Gasteiger partial charge in [0.1, 0.15) is 24.4 Å². The molecule has 48 heavy (non-hydrogen) atoms. The maximum atomic E-state index is 13.9. The summed E-state index contributed by atoms with van der Waals surface area (Å²) >= 11 is 0. The summed E-state index contributed by atoms with van der Waals surface area (Å²) in [7, 11) is 0. The van der Waals surface area contributed by atoms with Crippen molar-refractivity contribution in [1.82, 2.24) is 25.8 Å². The van der Waals surface area contributed by atoms with Crippen LogP contribution in [0.1, 0.15) is 59.2 Å². The Morgan fingerprint density at radius 3 is 2.35 bits per heavy atom. The van der Waals surface area contributed by atoms with Gasteiger partial charge < -0.3 is 30.5 Å². The molecular formula is C37H41N5O6. The maximum absolute atomic E-state index is 13.9. The fraction of sp³-hybridized carbons (Fsp3) is 0.378. The molecule has 11 heteroatoms. The van der Waals surface area contributed by atoms with Crippen LogP contribution in [0.5, 0.6) is 5.75 Å². The van der Waals surface area contributed by atoms with Crippen LogP contribution in [0.3, 0.4) is 0 Å². The number of likely N-dealkylation sites (tertiary alicyclic amines) is 1. The van der Waals surface area contributed by atoms with Gasteiger partial charge in [-0.2, -0.15) is 0 Å². The van der Waals surface area contributed by atoms with Crippen LogP contribution in [0.2, 0.25) is 0 Å². The molecule has 5 amide bonds. The van der Waals surface area contributed by atoms with Crippen molar-refractivity contribution in [2.24, 2.45) is 0 Å². The molecule has 3 aliphatic rings. The van der Waals surface area contributed by atoms with E-state index in [9.17, 15) is 24.0 Å². The molecule has 2 saturated heterocycles. The lowest BCUT2D eigenvalue weighted by molar-refractivity contribution is -0.138. The first-order valence-corrected chi connectivity index (χ1v) is 16.6. The van der Waals surface area contributed by atoms with E-state index in [0.29, 0.717) is 25.3 Å². The van der Waals surface area contributed by atoms with Gasteiger partial charge in [0.15, 0.2) is 0 Å². The normalized spacial score (nSPS) is 21.8. The van der Waals surface area contributed by atoms with Crippen LogP contribution in [0.15, 0.2) is 78.9 Å². The number of hydrogen-bond donors (Lipinski definition) is 3. The summed E-state index contributed by atoms with van der Waals surface area (Å²) < 4.78 is 6.13. The Morgan fingerprint density at radius 1 is 0.833 bits per heavy atom. The van der Waals surface area contributed by atoms with Gasteiger partial charge >= 0.3 is 0 Å². The highest BCUT2D eigenvalue weighted by molar-refractivity contribution is 6.01. The van der Waals surface area contributed by atoms with E-state index in [1.54, 1.807) is 29.2 Å². The van der Waals surface area contributed by atoms with Crippen molar-refractivity contribution in [3.8, 4) is 5.75 Å². The van der Waals surface area contributed by atoms with Crippen LogP contribution >= 0.6 is 0 Å². The second kappa shape index (κ2) is 15.1. The highest BCUT2D eigenvalue weighted by atomic mass is 16.5. The minimum atomic E-state index is -1.22. The zero-order valence-corrected chi connectivity index (χ0v) is 26.9. The number of rotatable bonds is 7. The smallest absolute Gasteiger partial charge is 0.255 e. The summed E-state index contributed by atoms with van der Waals surface area (Å²) in [6, 6.07) is 21.5. The highest BCUT2D eigenvalue weighted by Crippen LogP contribution is 2.24. The number of benzene rings is 3. The van der Waals surface area contributed by atoms with Crippen LogP contribution in [0.4, 0.5) is 0 Å². The summed E-state index contributed by atoms with van der Waals surface area (Å²) in [6.07, 6.45) is 2.92. The molecule has 0 spiro atoms. The van der Waals surface area contributed by atoms with E-state index in [4.69, 9.17) is 4.74 Å². The Labute approximate surface area is 280 Å². The van der Waals surface area contributed by atoms with E-state index in [1.807, 2.05) is 59.5 Å². The molecule has 0 radical (unpaired) electrons. The predicted octanol–water partition coefficient (Wildman–Crippen LogP) is 2.72. The number of fused-ring (bicyclic) bond motifs is 2. The number of amides is 5. The van der Waals surface area contributed by atoms with Gasteiger partial charge in [0.2, 0.25) is 23.6 Å². The standard InChI is InChI=1S/C37H41N5O6/c43-33-21-30(36(46)38-22-26-14-16-27(17-15-26)23-41-18-7-13-34(41)44)40-35(45)29-11-4-5-12-32(29)48-24-28-10-6-19-42(28)37(47)31(39-33)20-25-8-2-1-3-9-25/h1-5,8-9,11-12,14-17,28,30-31H,6-7,10,13,18-24H2,(H,38,46)(H,39,43)(H,40,45)/t28-,30+,31+/m1/s1. The Balaban J connectivity index is 1.20. The van der Waals surface area contributed by atoms with E-state index in [2.05, 4.69) is 16.0 Å². The quantitative estimate of drug-likeness (QED) is 0.360. The zero-order chi connectivity index (χ0) is 33.5. The first kappa shape index (κ1) is 32.7. The molecule has 3 aromatic rings. The first-order chi connectivity index (χ1) is 23.3. The fourth-order valence-corrected chi connectivity index (χ4v) is 6.57. The average Bonchev–Trinajstić information content (AvgIpc) is 3.74. The van der Waals surface area contributed by atoms with Crippen molar-refractivity contribution in [3.05, 3.63) is 101 Å². The Kier molecular flexibility index (Phi) is 10.3. The van der Waals surface area contributed by atoms with E-state index < -0.39 is 29.8 Å². The van der Waals surface area contributed by atoms with Crippen LogP contribution < -0.4 is 20.7 Å². The van der Waals surface area contributed by atoms with E-state index in [1.165, 1.54) is 0 Å². The average molecular weight is 652 g/mol. The SMILES string of the molecule is O=C1C[C@@H](C(=O)NCc2ccc(CN3CCCC3=O)cc2)NC(=O)c2ccccc2OC[C@H]2CCCN2C(=O)[C@H](Cc2ccccc2)N1. The summed E-state index contributed by atoms with van der Waals surface area (Å²) in [5.41, 5.74) is 2.94. The molecule has 3 aliphatic heterocycles. The second-order valence-corrected chi connectivity index (χ2v) is 12.6. The van der Waals surface area contributed by atoms with Gasteiger partial charge in [-0.3, -0.25) is 24.0 Å². The molecule has 6 rings (SSSR count). The fourth-order valence-electron chi connectivity index (χ4n) is 6.57. The minimum Gasteiger partial charge on any atom is -0.491 e. The van der Waals surface area contributed by atoms with Gasteiger partial charge in [-0.15, -0.1) is 0 Å². The lowest BCUT2D eigenvalue weighted by Gasteiger charge is -2.30. The van der Waals surface area contributed by atoms with Crippen LogP contribution in [-0.2, 0) is 38.7 Å².